The highest BCUT2D eigenvalue weighted by atomic mass is 32.2. The summed E-state index contributed by atoms with van der Waals surface area (Å²) in [7, 11) is -3.68. The normalized spacial score (nSPS) is 11.2. The molecule has 0 aliphatic rings. The van der Waals surface area contributed by atoms with Crippen LogP contribution in [0.15, 0.2) is 101 Å². The second kappa shape index (κ2) is 8.64. The van der Waals surface area contributed by atoms with Crippen LogP contribution in [-0.2, 0) is 9.84 Å². The lowest BCUT2D eigenvalue weighted by atomic mass is 10.2. The highest BCUT2D eigenvalue weighted by Crippen LogP contribution is 2.29. The molecule has 0 unspecified atom stereocenters. The van der Waals surface area contributed by atoms with Gasteiger partial charge in [-0.25, -0.2) is 8.42 Å². The minimum Gasteiger partial charge on any atom is -0.457 e. The van der Waals surface area contributed by atoms with Crippen LogP contribution in [0.25, 0.3) is 0 Å². The number of hydrogen-bond acceptors (Lipinski definition) is 6. The van der Waals surface area contributed by atoms with E-state index in [1.807, 2.05) is 13.0 Å². The average Bonchev–Trinajstić information content (AvgIpc) is 2.77. The van der Waals surface area contributed by atoms with Gasteiger partial charge >= 0.3 is 0 Å². The van der Waals surface area contributed by atoms with Gasteiger partial charge in [0.2, 0.25) is 9.84 Å². The number of rotatable bonds is 6. The highest BCUT2D eigenvalue weighted by molar-refractivity contribution is 7.91. The molecule has 0 fully saturated rings. The van der Waals surface area contributed by atoms with Gasteiger partial charge in [0.15, 0.2) is 0 Å². The van der Waals surface area contributed by atoms with E-state index in [1.54, 1.807) is 60.7 Å². The third-order valence-corrected chi connectivity index (χ3v) is 6.62. The Kier molecular flexibility index (Phi) is 5.75. The monoisotopic (exact) mass is 446 g/mol. The Morgan fingerprint density at radius 1 is 0.625 bits per heavy atom. The molecule has 162 valence electrons. The Balaban J connectivity index is 1.49. The van der Waals surface area contributed by atoms with Crippen LogP contribution < -0.4 is 20.9 Å². The molecule has 0 spiro atoms. The summed E-state index contributed by atoms with van der Waals surface area (Å²) in [6.45, 7) is 1.89. The van der Waals surface area contributed by atoms with Crippen molar-refractivity contribution in [2.45, 2.75) is 16.7 Å². The topological polar surface area (TPSA) is 105 Å². The van der Waals surface area contributed by atoms with Crippen molar-refractivity contribution in [3.63, 3.8) is 0 Å². The molecule has 4 aromatic rings. The first-order chi connectivity index (χ1) is 15.3. The van der Waals surface area contributed by atoms with Gasteiger partial charge < -0.3 is 20.9 Å². The van der Waals surface area contributed by atoms with Crippen molar-refractivity contribution >= 4 is 21.2 Å². The number of nitrogen functional groups attached to an aromatic ring is 2. The van der Waals surface area contributed by atoms with Crippen LogP contribution in [0.5, 0.6) is 23.0 Å². The van der Waals surface area contributed by atoms with Gasteiger partial charge in [-0.05, 0) is 91.3 Å². The zero-order chi connectivity index (χ0) is 22.7. The summed E-state index contributed by atoms with van der Waals surface area (Å²) in [5.41, 5.74) is 13.7. The SMILES string of the molecule is Cc1cc(Oc2ccc(S(=O)(=O)c3ccc(Oc4cccc(N)c4)cc3)cc2)ccc1N. The number of aryl methyl sites for hydroxylation is 1. The third-order valence-electron chi connectivity index (χ3n) is 4.84. The van der Waals surface area contributed by atoms with Crippen molar-refractivity contribution in [3.05, 3.63) is 96.6 Å². The molecular formula is C25H22N2O4S. The molecule has 0 radical (unpaired) electrons. The summed E-state index contributed by atoms with van der Waals surface area (Å²) < 4.78 is 37.5. The molecule has 7 heteroatoms. The second-order valence-electron chi connectivity index (χ2n) is 7.24. The third kappa shape index (κ3) is 4.68. The fourth-order valence-electron chi connectivity index (χ4n) is 3.07. The molecule has 4 rings (SSSR count). The summed E-state index contributed by atoms with van der Waals surface area (Å²) in [6, 6.07) is 24.9. The molecule has 0 aliphatic heterocycles. The zero-order valence-electron chi connectivity index (χ0n) is 17.4. The van der Waals surface area contributed by atoms with E-state index >= 15 is 0 Å². The lowest BCUT2D eigenvalue weighted by Gasteiger charge is -2.10. The Morgan fingerprint density at radius 3 is 1.62 bits per heavy atom. The summed E-state index contributed by atoms with van der Waals surface area (Å²) in [5.74, 6) is 2.24. The van der Waals surface area contributed by atoms with E-state index in [2.05, 4.69) is 0 Å². The molecule has 32 heavy (non-hydrogen) atoms. The lowest BCUT2D eigenvalue weighted by molar-refractivity contribution is 0.482. The van der Waals surface area contributed by atoms with Crippen molar-refractivity contribution < 1.29 is 17.9 Å². The summed E-state index contributed by atoms with van der Waals surface area (Å²) >= 11 is 0. The van der Waals surface area contributed by atoms with Crippen molar-refractivity contribution in [2.75, 3.05) is 11.5 Å². The standard InChI is InChI=1S/C25H22N2O4S/c1-17-15-22(9-14-25(17)27)31-20-7-12-24(13-8-20)32(28,29)23-10-5-19(6-11-23)30-21-4-2-3-18(26)16-21/h2-16H,26-27H2,1H3. The first-order valence-electron chi connectivity index (χ1n) is 9.84. The molecule has 0 bridgehead atoms. The van der Waals surface area contributed by atoms with E-state index in [0.29, 0.717) is 34.4 Å². The fraction of sp³-hybridized carbons (Fsp3) is 0.0400. The Bertz CT molecular complexity index is 1350. The molecule has 0 amide bonds. The number of hydrogen-bond donors (Lipinski definition) is 2. The largest absolute Gasteiger partial charge is 0.457 e. The van der Waals surface area contributed by atoms with Gasteiger partial charge in [0, 0.05) is 17.4 Å². The van der Waals surface area contributed by atoms with Crippen LogP contribution in [-0.4, -0.2) is 8.42 Å². The molecule has 0 saturated heterocycles. The van der Waals surface area contributed by atoms with Crippen LogP contribution in [0.4, 0.5) is 11.4 Å². The molecule has 0 atom stereocenters. The molecule has 0 aromatic heterocycles. The van der Waals surface area contributed by atoms with Gasteiger partial charge in [-0.1, -0.05) is 6.07 Å². The molecule has 4 aromatic carbocycles. The Labute approximate surface area is 186 Å². The van der Waals surface area contributed by atoms with Gasteiger partial charge in [-0.2, -0.15) is 0 Å². The minimum absolute atomic E-state index is 0.167. The van der Waals surface area contributed by atoms with Gasteiger partial charge in [-0.3, -0.25) is 0 Å². The zero-order valence-corrected chi connectivity index (χ0v) is 18.2. The maximum absolute atomic E-state index is 13.0. The van der Waals surface area contributed by atoms with Crippen molar-refractivity contribution in [1.82, 2.24) is 0 Å². The summed E-state index contributed by atoms with van der Waals surface area (Å²) in [6.07, 6.45) is 0. The first-order valence-corrected chi connectivity index (χ1v) is 11.3. The van der Waals surface area contributed by atoms with Gasteiger partial charge in [-0.15, -0.1) is 0 Å². The molecular weight excluding hydrogens is 424 g/mol. The molecule has 0 aliphatic carbocycles. The van der Waals surface area contributed by atoms with Gasteiger partial charge in [0.05, 0.1) is 9.79 Å². The molecule has 4 N–H and O–H groups in total. The lowest BCUT2D eigenvalue weighted by Crippen LogP contribution is -2.02. The number of ether oxygens (including phenoxy) is 2. The quantitative estimate of drug-likeness (QED) is 0.375. The van der Waals surface area contributed by atoms with Crippen molar-refractivity contribution in [2.24, 2.45) is 0 Å². The van der Waals surface area contributed by atoms with E-state index in [1.165, 1.54) is 24.3 Å². The number of nitrogens with two attached hydrogens (primary N) is 2. The van der Waals surface area contributed by atoms with Crippen LogP contribution in [0.2, 0.25) is 0 Å². The van der Waals surface area contributed by atoms with Crippen LogP contribution in [0.1, 0.15) is 5.56 Å². The average molecular weight is 447 g/mol. The fourth-order valence-corrected chi connectivity index (χ4v) is 4.33. The molecule has 0 heterocycles. The molecule has 6 nitrogen and oxygen atoms in total. The number of benzene rings is 4. The first kappa shape index (κ1) is 21.3. The predicted molar refractivity (Wildman–Crippen MR) is 125 cm³/mol. The van der Waals surface area contributed by atoms with Crippen molar-refractivity contribution in [1.29, 1.82) is 0 Å². The summed E-state index contributed by atoms with van der Waals surface area (Å²) in [4.78, 5) is 0.336. The maximum atomic E-state index is 13.0. The van der Waals surface area contributed by atoms with Gasteiger partial charge in [0.1, 0.15) is 23.0 Å². The van der Waals surface area contributed by atoms with E-state index in [0.717, 1.165) is 5.56 Å². The van der Waals surface area contributed by atoms with E-state index in [4.69, 9.17) is 20.9 Å². The van der Waals surface area contributed by atoms with Gasteiger partial charge in [0.25, 0.3) is 0 Å². The van der Waals surface area contributed by atoms with E-state index in [-0.39, 0.29) is 9.79 Å². The van der Waals surface area contributed by atoms with Crippen LogP contribution in [0, 0.1) is 6.92 Å². The summed E-state index contributed by atoms with van der Waals surface area (Å²) in [5, 5.41) is 0. The van der Waals surface area contributed by atoms with Crippen molar-refractivity contribution in [3.8, 4) is 23.0 Å². The number of sulfone groups is 1. The Hall–Kier alpha value is -3.97. The molecule has 0 saturated carbocycles. The van der Waals surface area contributed by atoms with Crippen LogP contribution in [0.3, 0.4) is 0 Å². The van der Waals surface area contributed by atoms with E-state index < -0.39 is 9.84 Å². The number of anilines is 2. The second-order valence-corrected chi connectivity index (χ2v) is 9.19. The maximum Gasteiger partial charge on any atom is 0.206 e. The smallest absolute Gasteiger partial charge is 0.206 e. The van der Waals surface area contributed by atoms with Crippen LogP contribution >= 0.6 is 0 Å². The predicted octanol–water partition coefficient (Wildman–Crippen LogP) is 5.58. The Morgan fingerprint density at radius 2 is 1.12 bits per heavy atom. The highest BCUT2D eigenvalue weighted by Gasteiger charge is 2.18. The van der Waals surface area contributed by atoms with E-state index in [9.17, 15) is 8.42 Å². The minimum atomic E-state index is -3.68.